The second kappa shape index (κ2) is 6.88. The molecule has 1 aromatic rings. The van der Waals surface area contributed by atoms with Crippen LogP contribution in [0.4, 0.5) is 5.69 Å². The molecule has 1 aliphatic rings. The molecule has 1 heterocycles. The quantitative estimate of drug-likeness (QED) is 0.796. The first kappa shape index (κ1) is 19.6. The Morgan fingerprint density at radius 1 is 1.08 bits per heavy atom. The maximum Gasteiger partial charge on any atom is 0.245 e. The monoisotopic (exact) mass is 366 g/mol. The molecule has 0 radical (unpaired) electrons. The Morgan fingerprint density at radius 3 is 2.04 bits per heavy atom. The highest BCUT2D eigenvalue weighted by molar-refractivity contribution is 7.92. The summed E-state index contributed by atoms with van der Waals surface area (Å²) in [6.45, 7) is 6.51. The number of hydrogen-bond acceptors (Lipinski definition) is 5. The van der Waals surface area contributed by atoms with Crippen LogP contribution in [0.15, 0.2) is 24.3 Å². The molecule has 2 N–H and O–H groups in total. The Hall–Kier alpha value is -1.73. The molecule has 1 saturated heterocycles. The smallest absolute Gasteiger partial charge is 0.245 e. The molecule has 0 unspecified atom stereocenters. The van der Waals surface area contributed by atoms with Crippen molar-refractivity contribution in [3.8, 4) is 0 Å². The fourth-order valence-corrected chi connectivity index (χ4v) is 4.31. The second-order valence-corrected chi connectivity index (χ2v) is 9.95. The number of anilines is 1. The van der Waals surface area contributed by atoms with Gasteiger partial charge in [-0.1, -0.05) is 20.8 Å². The average Bonchev–Trinajstić information content (AvgIpc) is 2.53. The summed E-state index contributed by atoms with van der Waals surface area (Å²) in [5.41, 5.74) is 0.558. The number of rotatable bonds is 4. The van der Waals surface area contributed by atoms with Gasteiger partial charge in [-0.25, -0.2) is 8.42 Å². The molecule has 6 nitrogen and oxygen atoms in total. The number of hydrogen-bond donors (Lipinski definition) is 2. The van der Waals surface area contributed by atoms with Gasteiger partial charge in [-0.15, -0.1) is 0 Å². The van der Waals surface area contributed by atoms with E-state index < -0.39 is 25.9 Å². The SMILES string of the molecule is CC(C)(C)C(=O)c1ccc(NC(=O)C2(S(C)(=O)=O)CCNCC2)cc1. The maximum atomic E-state index is 12.7. The van der Waals surface area contributed by atoms with Gasteiger partial charge in [0.1, 0.15) is 0 Å². The maximum absolute atomic E-state index is 12.7. The predicted molar refractivity (Wildman–Crippen MR) is 98.5 cm³/mol. The van der Waals surface area contributed by atoms with Gasteiger partial charge in [-0.05, 0) is 50.2 Å². The van der Waals surface area contributed by atoms with Crippen molar-refractivity contribution in [1.82, 2.24) is 5.32 Å². The number of nitrogens with one attached hydrogen (secondary N) is 2. The summed E-state index contributed by atoms with van der Waals surface area (Å²) < 4.78 is 23.1. The molecule has 1 fully saturated rings. The first-order chi connectivity index (χ1) is 11.5. The van der Waals surface area contributed by atoms with E-state index in [4.69, 9.17) is 0 Å². The normalized spacial score (nSPS) is 17.8. The van der Waals surface area contributed by atoms with Crippen LogP contribution >= 0.6 is 0 Å². The fourth-order valence-electron chi connectivity index (χ4n) is 2.98. The fraction of sp³-hybridized carbons (Fsp3) is 0.556. The summed E-state index contributed by atoms with van der Waals surface area (Å²) in [7, 11) is -3.55. The summed E-state index contributed by atoms with van der Waals surface area (Å²) in [4.78, 5) is 25.0. The minimum absolute atomic E-state index is 0.0105. The predicted octanol–water partition coefficient (Wildman–Crippen LogP) is 2.02. The largest absolute Gasteiger partial charge is 0.325 e. The van der Waals surface area contributed by atoms with Crippen molar-refractivity contribution in [3.05, 3.63) is 29.8 Å². The van der Waals surface area contributed by atoms with E-state index in [9.17, 15) is 18.0 Å². The summed E-state index contributed by atoms with van der Waals surface area (Å²) >= 11 is 0. The zero-order valence-corrected chi connectivity index (χ0v) is 16.0. The lowest BCUT2D eigenvalue weighted by Gasteiger charge is -2.34. The summed E-state index contributed by atoms with van der Waals surface area (Å²) in [6.07, 6.45) is 1.61. The number of benzene rings is 1. The molecule has 0 bridgehead atoms. The van der Waals surface area contributed by atoms with Gasteiger partial charge >= 0.3 is 0 Å². The molecule has 0 spiro atoms. The Balaban J connectivity index is 2.21. The molecular weight excluding hydrogens is 340 g/mol. The van der Waals surface area contributed by atoms with Crippen LogP contribution in [0.1, 0.15) is 44.0 Å². The van der Waals surface area contributed by atoms with Crippen LogP contribution in [0.25, 0.3) is 0 Å². The average molecular weight is 366 g/mol. The molecule has 25 heavy (non-hydrogen) atoms. The first-order valence-corrected chi connectivity index (χ1v) is 10.2. The number of sulfone groups is 1. The van der Waals surface area contributed by atoms with Crippen molar-refractivity contribution < 1.29 is 18.0 Å². The van der Waals surface area contributed by atoms with E-state index >= 15 is 0 Å². The molecule has 0 aromatic heterocycles. The molecular formula is C18H26N2O4S. The van der Waals surface area contributed by atoms with Crippen LogP contribution in [0.3, 0.4) is 0 Å². The zero-order valence-electron chi connectivity index (χ0n) is 15.2. The van der Waals surface area contributed by atoms with Crippen molar-refractivity contribution in [3.63, 3.8) is 0 Å². The zero-order chi connectivity index (χ0) is 18.9. The number of ketones is 1. The number of Topliss-reactive ketones (excluding diaryl/α,β-unsaturated/α-hetero) is 1. The highest BCUT2D eigenvalue weighted by Crippen LogP contribution is 2.30. The molecule has 2 rings (SSSR count). The molecule has 0 aliphatic carbocycles. The second-order valence-electron chi connectivity index (χ2n) is 7.63. The van der Waals surface area contributed by atoms with Crippen molar-refractivity contribution in [2.45, 2.75) is 38.4 Å². The third-order valence-electron chi connectivity index (χ3n) is 4.62. The summed E-state index contributed by atoms with van der Waals surface area (Å²) in [6, 6.07) is 6.57. The Morgan fingerprint density at radius 2 is 1.60 bits per heavy atom. The third kappa shape index (κ3) is 4.10. The lowest BCUT2D eigenvalue weighted by Crippen LogP contribution is -2.55. The van der Waals surface area contributed by atoms with Crippen LogP contribution in [-0.4, -0.2) is 44.2 Å². The van der Waals surface area contributed by atoms with Crippen LogP contribution in [-0.2, 0) is 14.6 Å². The van der Waals surface area contributed by atoms with E-state index in [1.165, 1.54) is 0 Å². The lowest BCUT2D eigenvalue weighted by molar-refractivity contribution is -0.119. The Kier molecular flexibility index (Phi) is 5.39. The topological polar surface area (TPSA) is 92.3 Å². The summed E-state index contributed by atoms with van der Waals surface area (Å²) in [5.74, 6) is -0.497. The van der Waals surface area contributed by atoms with E-state index in [0.717, 1.165) is 6.26 Å². The Labute approximate surface area is 149 Å². The number of piperidine rings is 1. The van der Waals surface area contributed by atoms with E-state index in [1.807, 2.05) is 20.8 Å². The highest BCUT2D eigenvalue weighted by Gasteiger charge is 2.48. The minimum Gasteiger partial charge on any atom is -0.325 e. The van der Waals surface area contributed by atoms with Gasteiger partial charge in [0.15, 0.2) is 20.4 Å². The molecule has 7 heteroatoms. The van der Waals surface area contributed by atoms with E-state index in [1.54, 1.807) is 24.3 Å². The minimum atomic E-state index is -3.55. The number of carbonyl (C=O) groups is 2. The number of carbonyl (C=O) groups excluding carboxylic acids is 2. The van der Waals surface area contributed by atoms with Gasteiger partial charge in [-0.2, -0.15) is 0 Å². The molecule has 0 saturated carbocycles. The Bertz CT molecular complexity index is 755. The van der Waals surface area contributed by atoms with Gasteiger partial charge in [0.2, 0.25) is 5.91 Å². The van der Waals surface area contributed by atoms with Gasteiger partial charge in [0.05, 0.1) is 0 Å². The summed E-state index contributed by atoms with van der Waals surface area (Å²) in [5, 5.41) is 5.79. The van der Waals surface area contributed by atoms with Crippen LogP contribution < -0.4 is 10.6 Å². The van der Waals surface area contributed by atoms with Crippen LogP contribution in [0, 0.1) is 5.41 Å². The van der Waals surface area contributed by atoms with Crippen molar-refractivity contribution >= 4 is 27.2 Å². The highest BCUT2D eigenvalue weighted by atomic mass is 32.2. The van der Waals surface area contributed by atoms with Crippen LogP contribution in [0.2, 0.25) is 0 Å². The van der Waals surface area contributed by atoms with Crippen molar-refractivity contribution in [2.75, 3.05) is 24.7 Å². The van der Waals surface area contributed by atoms with Crippen LogP contribution in [0.5, 0.6) is 0 Å². The van der Waals surface area contributed by atoms with Gasteiger partial charge in [-0.3, -0.25) is 9.59 Å². The third-order valence-corrected chi connectivity index (χ3v) is 6.63. The molecule has 0 atom stereocenters. The van der Waals surface area contributed by atoms with E-state index in [2.05, 4.69) is 10.6 Å². The lowest BCUT2D eigenvalue weighted by atomic mass is 9.86. The number of amides is 1. The van der Waals surface area contributed by atoms with Gasteiger partial charge in [0.25, 0.3) is 0 Å². The van der Waals surface area contributed by atoms with Crippen molar-refractivity contribution in [1.29, 1.82) is 0 Å². The van der Waals surface area contributed by atoms with E-state index in [-0.39, 0.29) is 18.6 Å². The first-order valence-electron chi connectivity index (χ1n) is 8.34. The molecule has 138 valence electrons. The molecule has 1 aromatic carbocycles. The van der Waals surface area contributed by atoms with Crippen molar-refractivity contribution in [2.24, 2.45) is 5.41 Å². The molecule has 1 amide bonds. The molecule has 1 aliphatic heterocycles. The van der Waals surface area contributed by atoms with E-state index in [0.29, 0.717) is 24.3 Å². The van der Waals surface area contributed by atoms with Gasteiger partial charge < -0.3 is 10.6 Å². The standard InChI is InChI=1S/C18H26N2O4S/c1-17(2,3)15(21)13-5-7-14(8-6-13)20-16(22)18(25(4,23)24)9-11-19-12-10-18/h5-8,19H,9-12H2,1-4H3,(H,20,22). The van der Waals surface area contributed by atoms with Gasteiger partial charge in [0, 0.05) is 22.9 Å².